The van der Waals surface area contributed by atoms with Gasteiger partial charge in [0.1, 0.15) is 6.17 Å². The van der Waals surface area contributed by atoms with Gasteiger partial charge in [0, 0.05) is 6.20 Å². The average Bonchev–Trinajstić information content (AvgIpc) is 2.36. The molecule has 10 heavy (non-hydrogen) atoms. The Morgan fingerprint density at radius 2 is 2.30 bits per heavy atom. The van der Waals surface area contributed by atoms with Crippen LogP contribution in [-0.4, -0.2) is 10.2 Å². The van der Waals surface area contributed by atoms with Crippen molar-refractivity contribution in [2.75, 3.05) is 0 Å². The molecule has 1 unspecified atom stereocenters. The number of nitrogens with one attached hydrogen (secondary N) is 1. The molecule has 0 saturated heterocycles. The standard InChI is InChI=1S/C7H11FN2/c1-5(2)7(8)6-3-4-9-10-6/h3-5,7H,1-2H3,(H,9,10). The number of H-pyrrole nitrogens is 1. The van der Waals surface area contributed by atoms with Gasteiger partial charge in [-0.1, -0.05) is 13.8 Å². The quantitative estimate of drug-likeness (QED) is 0.672. The molecular formula is C7H11FN2. The molecule has 0 aliphatic rings. The molecule has 1 atom stereocenters. The average molecular weight is 142 g/mol. The summed E-state index contributed by atoms with van der Waals surface area (Å²) in [4.78, 5) is 0. The van der Waals surface area contributed by atoms with Crippen molar-refractivity contribution in [3.05, 3.63) is 18.0 Å². The third-order valence-corrected chi connectivity index (χ3v) is 1.40. The van der Waals surface area contributed by atoms with Gasteiger partial charge in [0.2, 0.25) is 0 Å². The van der Waals surface area contributed by atoms with E-state index >= 15 is 0 Å². The van der Waals surface area contributed by atoms with Gasteiger partial charge in [0.05, 0.1) is 5.69 Å². The lowest BCUT2D eigenvalue weighted by Crippen LogP contribution is -2.00. The topological polar surface area (TPSA) is 28.7 Å². The maximum atomic E-state index is 13.0. The fraction of sp³-hybridized carbons (Fsp3) is 0.571. The van der Waals surface area contributed by atoms with Crippen molar-refractivity contribution in [1.29, 1.82) is 0 Å². The molecule has 0 bridgehead atoms. The third kappa shape index (κ3) is 1.35. The predicted molar refractivity (Wildman–Crippen MR) is 37.3 cm³/mol. The summed E-state index contributed by atoms with van der Waals surface area (Å²) in [7, 11) is 0. The second kappa shape index (κ2) is 2.82. The Morgan fingerprint density at radius 3 is 2.70 bits per heavy atom. The molecule has 0 aliphatic carbocycles. The zero-order valence-electron chi connectivity index (χ0n) is 6.13. The van der Waals surface area contributed by atoms with E-state index in [4.69, 9.17) is 0 Å². The second-order valence-electron chi connectivity index (χ2n) is 2.66. The van der Waals surface area contributed by atoms with E-state index in [2.05, 4.69) is 10.2 Å². The first kappa shape index (κ1) is 7.25. The second-order valence-corrected chi connectivity index (χ2v) is 2.66. The molecule has 0 spiro atoms. The first-order chi connectivity index (χ1) is 4.72. The van der Waals surface area contributed by atoms with Gasteiger partial charge < -0.3 is 0 Å². The van der Waals surface area contributed by atoms with Gasteiger partial charge in [-0.25, -0.2) is 4.39 Å². The minimum absolute atomic E-state index is 0.0143. The zero-order chi connectivity index (χ0) is 7.56. The summed E-state index contributed by atoms with van der Waals surface area (Å²) >= 11 is 0. The molecule has 1 heterocycles. The largest absolute Gasteiger partial charge is 0.280 e. The molecule has 1 N–H and O–H groups in total. The fourth-order valence-electron chi connectivity index (χ4n) is 0.779. The fourth-order valence-corrected chi connectivity index (χ4v) is 0.779. The Bertz CT molecular complexity index is 181. The van der Waals surface area contributed by atoms with E-state index in [1.807, 2.05) is 13.8 Å². The number of aromatic amines is 1. The SMILES string of the molecule is CC(C)C(F)c1ccn[nH]1. The highest BCUT2D eigenvalue weighted by molar-refractivity contribution is 5.02. The third-order valence-electron chi connectivity index (χ3n) is 1.40. The first-order valence-electron chi connectivity index (χ1n) is 3.35. The number of halogens is 1. The molecule has 2 nitrogen and oxygen atoms in total. The van der Waals surface area contributed by atoms with E-state index in [1.165, 1.54) is 0 Å². The van der Waals surface area contributed by atoms with Crippen LogP contribution in [0.5, 0.6) is 0 Å². The van der Waals surface area contributed by atoms with Crippen molar-refractivity contribution in [3.8, 4) is 0 Å². The van der Waals surface area contributed by atoms with Crippen molar-refractivity contribution in [1.82, 2.24) is 10.2 Å². The molecule has 1 aromatic heterocycles. The number of rotatable bonds is 2. The smallest absolute Gasteiger partial charge is 0.144 e. The van der Waals surface area contributed by atoms with E-state index in [-0.39, 0.29) is 5.92 Å². The Kier molecular flexibility index (Phi) is 2.04. The van der Waals surface area contributed by atoms with Crippen LogP contribution in [0.25, 0.3) is 0 Å². The number of aromatic nitrogens is 2. The van der Waals surface area contributed by atoms with Gasteiger partial charge >= 0.3 is 0 Å². The molecular weight excluding hydrogens is 131 g/mol. The summed E-state index contributed by atoms with van der Waals surface area (Å²) in [6.07, 6.45) is 0.645. The van der Waals surface area contributed by atoms with Crippen molar-refractivity contribution < 1.29 is 4.39 Å². The molecule has 3 heteroatoms. The van der Waals surface area contributed by atoms with Crippen LogP contribution in [0.15, 0.2) is 12.3 Å². The summed E-state index contributed by atoms with van der Waals surface area (Å²) in [6, 6.07) is 1.66. The minimum Gasteiger partial charge on any atom is -0.280 e. The van der Waals surface area contributed by atoms with E-state index in [0.29, 0.717) is 5.69 Å². The lowest BCUT2D eigenvalue weighted by atomic mass is 10.1. The molecule has 0 amide bonds. The summed E-state index contributed by atoms with van der Waals surface area (Å²) < 4.78 is 13.0. The first-order valence-corrected chi connectivity index (χ1v) is 3.35. The number of hydrogen-bond donors (Lipinski definition) is 1. The van der Waals surface area contributed by atoms with Gasteiger partial charge in [0.15, 0.2) is 0 Å². The summed E-state index contributed by atoms with van der Waals surface area (Å²) in [5, 5.41) is 6.25. The van der Waals surface area contributed by atoms with E-state index in [0.717, 1.165) is 0 Å². The predicted octanol–water partition coefficient (Wildman–Crippen LogP) is 2.08. The van der Waals surface area contributed by atoms with Gasteiger partial charge in [-0.05, 0) is 12.0 Å². The monoisotopic (exact) mass is 142 g/mol. The van der Waals surface area contributed by atoms with Gasteiger partial charge in [0.25, 0.3) is 0 Å². The van der Waals surface area contributed by atoms with Crippen LogP contribution in [0.3, 0.4) is 0 Å². The molecule has 0 aliphatic heterocycles. The minimum atomic E-state index is -0.914. The lowest BCUT2D eigenvalue weighted by molar-refractivity contribution is 0.255. The summed E-state index contributed by atoms with van der Waals surface area (Å²) in [6.45, 7) is 3.68. The molecule has 1 aromatic rings. The molecule has 0 radical (unpaired) electrons. The van der Waals surface area contributed by atoms with Crippen molar-refractivity contribution >= 4 is 0 Å². The summed E-state index contributed by atoms with van der Waals surface area (Å²) in [5.74, 6) is 0.0143. The van der Waals surface area contributed by atoms with Gasteiger partial charge in [-0.3, -0.25) is 5.10 Å². The molecule has 0 saturated carbocycles. The highest BCUT2D eigenvalue weighted by atomic mass is 19.1. The number of alkyl halides is 1. The Hall–Kier alpha value is -0.860. The zero-order valence-corrected chi connectivity index (χ0v) is 6.13. The van der Waals surface area contributed by atoms with E-state index in [1.54, 1.807) is 12.3 Å². The maximum Gasteiger partial charge on any atom is 0.144 e. The van der Waals surface area contributed by atoms with Crippen LogP contribution in [0.1, 0.15) is 25.7 Å². The maximum absolute atomic E-state index is 13.0. The normalized spacial score (nSPS) is 14.0. The van der Waals surface area contributed by atoms with Crippen LogP contribution in [0.2, 0.25) is 0 Å². The van der Waals surface area contributed by atoms with Crippen LogP contribution in [0.4, 0.5) is 4.39 Å². The molecule has 1 rings (SSSR count). The van der Waals surface area contributed by atoms with Crippen molar-refractivity contribution in [2.45, 2.75) is 20.0 Å². The molecule has 0 fully saturated rings. The van der Waals surface area contributed by atoms with E-state index < -0.39 is 6.17 Å². The summed E-state index contributed by atoms with van der Waals surface area (Å²) in [5.41, 5.74) is 0.565. The van der Waals surface area contributed by atoms with Crippen LogP contribution in [0, 0.1) is 5.92 Å². The van der Waals surface area contributed by atoms with E-state index in [9.17, 15) is 4.39 Å². The highest BCUT2D eigenvalue weighted by Gasteiger charge is 2.14. The van der Waals surface area contributed by atoms with Crippen molar-refractivity contribution in [2.24, 2.45) is 5.92 Å². The Morgan fingerprint density at radius 1 is 1.60 bits per heavy atom. The number of hydrogen-bond acceptors (Lipinski definition) is 1. The van der Waals surface area contributed by atoms with Crippen LogP contribution in [-0.2, 0) is 0 Å². The van der Waals surface area contributed by atoms with Gasteiger partial charge in [-0.15, -0.1) is 0 Å². The highest BCUT2D eigenvalue weighted by Crippen LogP contribution is 2.22. The van der Waals surface area contributed by atoms with Crippen LogP contribution < -0.4 is 0 Å². The van der Waals surface area contributed by atoms with Crippen LogP contribution >= 0.6 is 0 Å². The number of nitrogens with zero attached hydrogens (tertiary/aromatic N) is 1. The Balaban J connectivity index is 2.68. The lowest BCUT2D eigenvalue weighted by Gasteiger charge is -2.07. The Labute approximate surface area is 59.5 Å². The molecule has 56 valence electrons. The molecule has 0 aromatic carbocycles. The van der Waals surface area contributed by atoms with Crippen molar-refractivity contribution in [3.63, 3.8) is 0 Å². The van der Waals surface area contributed by atoms with Gasteiger partial charge in [-0.2, -0.15) is 5.10 Å².